The van der Waals surface area contributed by atoms with Crippen LogP contribution in [0.4, 0.5) is 0 Å². The third-order valence-electron chi connectivity index (χ3n) is 5.54. The Hall–Kier alpha value is -0.980. The van der Waals surface area contributed by atoms with E-state index in [2.05, 4.69) is 13.8 Å². The molecule has 0 aliphatic heterocycles. The lowest BCUT2D eigenvalue weighted by Crippen LogP contribution is -2.24. The third-order valence-corrected chi connectivity index (χ3v) is 5.54. The maximum Gasteiger partial charge on any atom is 0.115 e. The van der Waals surface area contributed by atoms with Gasteiger partial charge >= 0.3 is 0 Å². The maximum absolute atomic E-state index is 8.63. The van der Waals surface area contributed by atoms with Crippen LogP contribution in [0.2, 0.25) is 0 Å². The Labute approximate surface area is 130 Å². The summed E-state index contributed by atoms with van der Waals surface area (Å²) in [7, 11) is 0. The second kappa shape index (κ2) is 8.46. The van der Waals surface area contributed by atoms with E-state index in [1.165, 1.54) is 25.7 Å². The van der Waals surface area contributed by atoms with Crippen LogP contribution in [0.1, 0.15) is 65.2 Å². The monoisotopic (exact) mass is 288 g/mol. The molecule has 2 aliphatic carbocycles. The highest BCUT2D eigenvalue weighted by molar-refractivity contribution is 5.18. The van der Waals surface area contributed by atoms with E-state index >= 15 is 0 Å². The van der Waals surface area contributed by atoms with Gasteiger partial charge in [0.1, 0.15) is 5.75 Å². The fraction of sp³-hybridized carbons (Fsp3) is 0.700. The van der Waals surface area contributed by atoms with E-state index in [1.54, 1.807) is 49.9 Å². The van der Waals surface area contributed by atoms with Crippen molar-refractivity contribution in [3.05, 3.63) is 30.3 Å². The predicted octanol–water partition coefficient (Wildman–Crippen LogP) is 6.03. The van der Waals surface area contributed by atoms with Crippen LogP contribution in [-0.4, -0.2) is 5.11 Å². The van der Waals surface area contributed by atoms with E-state index in [4.69, 9.17) is 5.11 Å². The average molecular weight is 288 g/mol. The van der Waals surface area contributed by atoms with Crippen LogP contribution in [0, 0.1) is 23.7 Å². The quantitative estimate of drug-likeness (QED) is 0.668. The fourth-order valence-electron chi connectivity index (χ4n) is 3.94. The molecular formula is C20H32O. The SMILES string of the molecule is CC1CCC(C2CCC(C)CC2)CC1.Oc1ccccc1. The molecule has 1 nitrogen and oxygen atoms in total. The number of hydrogen-bond acceptors (Lipinski definition) is 1. The second-order valence-corrected chi connectivity index (χ2v) is 7.38. The zero-order valence-corrected chi connectivity index (χ0v) is 13.8. The fourth-order valence-corrected chi connectivity index (χ4v) is 3.94. The molecule has 21 heavy (non-hydrogen) atoms. The van der Waals surface area contributed by atoms with Crippen molar-refractivity contribution in [3.63, 3.8) is 0 Å². The van der Waals surface area contributed by atoms with Crippen molar-refractivity contribution in [3.8, 4) is 5.75 Å². The molecule has 0 amide bonds. The van der Waals surface area contributed by atoms with E-state index in [0.717, 1.165) is 23.7 Å². The molecule has 1 aromatic rings. The molecular weight excluding hydrogens is 256 g/mol. The van der Waals surface area contributed by atoms with Crippen LogP contribution < -0.4 is 0 Å². The van der Waals surface area contributed by atoms with Crippen LogP contribution >= 0.6 is 0 Å². The van der Waals surface area contributed by atoms with E-state index in [-0.39, 0.29) is 0 Å². The van der Waals surface area contributed by atoms with E-state index in [9.17, 15) is 0 Å². The van der Waals surface area contributed by atoms with Gasteiger partial charge in [-0.1, -0.05) is 57.7 Å². The molecule has 0 heterocycles. The summed E-state index contributed by atoms with van der Waals surface area (Å²) in [6.45, 7) is 4.86. The van der Waals surface area contributed by atoms with Crippen molar-refractivity contribution >= 4 is 0 Å². The highest BCUT2D eigenvalue weighted by Crippen LogP contribution is 2.40. The summed E-state index contributed by atoms with van der Waals surface area (Å²) >= 11 is 0. The van der Waals surface area contributed by atoms with Gasteiger partial charge in [-0.05, 0) is 61.5 Å². The maximum atomic E-state index is 8.63. The Morgan fingerprint density at radius 1 is 0.667 bits per heavy atom. The standard InChI is InChI=1S/C14H26.C6H6O/c1-11-3-7-13(8-4-11)14-9-5-12(2)6-10-14;7-6-4-2-1-3-5-6/h11-14H,3-10H2,1-2H3;1-5,7H. The first-order valence-corrected chi connectivity index (χ1v) is 8.89. The highest BCUT2D eigenvalue weighted by Gasteiger charge is 2.28. The lowest BCUT2D eigenvalue weighted by atomic mass is 9.70. The molecule has 2 fully saturated rings. The number of aromatic hydroxyl groups is 1. The zero-order chi connectivity index (χ0) is 15.1. The molecule has 2 aliphatic rings. The normalized spacial score (nSPS) is 32.9. The lowest BCUT2D eigenvalue weighted by Gasteiger charge is -2.36. The topological polar surface area (TPSA) is 20.2 Å². The highest BCUT2D eigenvalue weighted by atomic mass is 16.3. The van der Waals surface area contributed by atoms with Crippen LogP contribution in [0.3, 0.4) is 0 Å². The van der Waals surface area contributed by atoms with E-state index < -0.39 is 0 Å². The first-order valence-electron chi connectivity index (χ1n) is 8.89. The number of phenolic OH excluding ortho intramolecular Hbond substituents is 1. The summed E-state index contributed by atoms with van der Waals surface area (Å²) in [5.74, 6) is 4.59. The Morgan fingerprint density at radius 3 is 1.33 bits per heavy atom. The summed E-state index contributed by atoms with van der Waals surface area (Å²) in [5, 5.41) is 8.63. The van der Waals surface area contributed by atoms with Gasteiger partial charge in [0.15, 0.2) is 0 Å². The van der Waals surface area contributed by atoms with Gasteiger partial charge in [-0.25, -0.2) is 0 Å². The van der Waals surface area contributed by atoms with Crippen molar-refractivity contribution in [1.82, 2.24) is 0 Å². The van der Waals surface area contributed by atoms with Gasteiger partial charge in [-0.15, -0.1) is 0 Å². The lowest BCUT2D eigenvalue weighted by molar-refractivity contribution is 0.155. The first kappa shape index (κ1) is 16.4. The molecule has 1 heteroatoms. The molecule has 0 bridgehead atoms. The van der Waals surface area contributed by atoms with Gasteiger partial charge in [0.25, 0.3) is 0 Å². The van der Waals surface area contributed by atoms with Crippen molar-refractivity contribution in [2.45, 2.75) is 65.2 Å². The van der Waals surface area contributed by atoms with E-state index in [1.807, 2.05) is 6.07 Å². The number of rotatable bonds is 1. The molecule has 0 aromatic heterocycles. The van der Waals surface area contributed by atoms with Gasteiger partial charge in [0.2, 0.25) is 0 Å². The molecule has 1 N–H and O–H groups in total. The van der Waals surface area contributed by atoms with Gasteiger partial charge in [-0.3, -0.25) is 0 Å². The van der Waals surface area contributed by atoms with E-state index in [0.29, 0.717) is 5.75 Å². The summed E-state index contributed by atoms with van der Waals surface area (Å²) in [5.41, 5.74) is 0. The second-order valence-electron chi connectivity index (χ2n) is 7.38. The third kappa shape index (κ3) is 5.73. The van der Waals surface area contributed by atoms with Crippen molar-refractivity contribution < 1.29 is 5.11 Å². The molecule has 3 rings (SSSR count). The van der Waals surface area contributed by atoms with Gasteiger partial charge < -0.3 is 5.11 Å². The molecule has 0 radical (unpaired) electrons. The minimum Gasteiger partial charge on any atom is -0.508 e. The minimum atomic E-state index is 0.322. The van der Waals surface area contributed by atoms with Gasteiger partial charge in [-0.2, -0.15) is 0 Å². The predicted molar refractivity (Wildman–Crippen MR) is 90.4 cm³/mol. The molecule has 0 unspecified atom stereocenters. The van der Waals surface area contributed by atoms with Gasteiger partial charge in [0, 0.05) is 0 Å². The summed E-state index contributed by atoms with van der Waals surface area (Å²) in [6.07, 6.45) is 12.2. The van der Waals surface area contributed by atoms with Crippen LogP contribution in [0.25, 0.3) is 0 Å². The Morgan fingerprint density at radius 2 is 1.05 bits per heavy atom. The number of hydrogen-bond donors (Lipinski definition) is 1. The largest absolute Gasteiger partial charge is 0.508 e. The zero-order valence-electron chi connectivity index (χ0n) is 13.8. The summed E-state index contributed by atoms with van der Waals surface area (Å²) in [4.78, 5) is 0. The molecule has 1 aromatic carbocycles. The Bertz CT molecular complexity index is 350. The first-order chi connectivity index (χ1) is 10.1. The molecule has 0 saturated heterocycles. The van der Waals surface area contributed by atoms with Crippen molar-refractivity contribution in [1.29, 1.82) is 0 Å². The Balaban J connectivity index is 0.000000194. The molecule has 0 atom stereocenters. The van der Waals surface area contributed by atoms with Crippen LogP contribution in [0.5, 0.6) is 5.75 Å². The average Bonchev–Trinajstić information content (AvgIpc) is 2.50. The van der Waals surface area contributed by atoms with Crippen molar-refractivity contribution in [2.75, 3.05) is 0 Å². The molecule has 2 saturated carbocycles. The molecule has 118 valence electrons. The minimum absolute atomic E-state index is 0.322. The summed E-state index contributed by atoms with van der Waals surface area (Å²) in [6, 6.07) is 8.71. The van der Waals surface area contributed by atoms with Crippen LogP contribution in [0.15, 0.2) is 30.3 Å². The van der Waals surface area contributed by atoms with Gasteiger partial charge in [0.05, 0.1) is 0 Å². The number of phenols is 1. The number of para-hydroxylation sites is 1. The summed E-state index contributed by atoms with van der Waals surface area (Å²) < 4.78 is 0. The number of benzene rings is 1. The Kier molecular flexibility index (Phi) is 6.60. The molecule has 0 spiro atoms. The van der Waals surface area contributed by atoms with Crippen LogP contribution in [-0.2, 0) is 0 Å². The smallest absolute Gasteiger partial charge is 0.115 e. The van der Waals surface area contributed by atoms with Crippen molar-refractivity contribution in [2.24, 2.45) is 23.7 Å².